The van der Waals surface area contributed by atoms with Gasteiger partial charge in [0.1, 0.15) is 5.54 Å². The van der Waals surface area contributed by atoms with Crippen LogP contribution < -0.4 is 16.8 Å². The number of benzene rings is 1. The smallest absolute Gasteiger partial charge is 0.248 e. The topological polar surface area (TPSA) is 107 Å². The molecule has 2 rings (SSSR count). The minimum Gasteiger partial charge on any atom is -0.378 e. The number of hydrogen-bond acceptors (Lipinski definition) is 4. The third kappa shape index (κ3) is 3.30. The molecule has 0 saturated heterocycles. The highest BCUT2D eigenvalue weighted by Gasteiger charge is 2.62. The van der Waals surface area contributed by atoms with Crippen molar-refractivity contribution in [3.63, 3.8) is 0 Å². The summed E-state index contributed by atoms with van der Waals surface area (Å²) in [7, 11) is 0. The number of nitrogens with one attached hydrogen (secondary N) is 1. The summed E-state index contributed by atoms with van der Waals surface area (Å²) in [5, 5.41) is 2.90. The second kappa shape index (κ2) is 6.91. The summed E-state index contributed by atoms with van der Waals surface area (Å²) < 4.78 is 5.64. The van der Waals surface area contributed by atoms with Crippen LogP contribution in [-0.4, -0.2) is 36.6 Å². The van der Waals surface area contributed by atoms with E-state index in [0.29, 0.717) is 31.6 Å². The van der Waals surface area contributed by atoms with Crippen LogP contribution in [0.1, 0.15) is 43.1 Å². The van der Waals surface area contributed by atoms with E-state index in [1.54, 1.807) is 18.2 Å². The first-order chi connectivity index (χ1) is 11.2. The minimum atomic E-state index is -0.915. The van der Waals surface area contributed by atoms with Crippen molar-refractivity contribution in [2.75, 3.05) is 13.2 Å². The number of rotatable bonds is 7. The first kappa shape index (κ1) is 18.4. The average Bonchev–Trinajstić information content (AvgIpc) is 2.54. The Hall–Kier alpha value is -1.92. The molecular weight excluding hydrogens is 306 g/mol. The lowest BCUT2D eigenvalue weighted by molar-refractivity contribution is -0.170. The van der Waals surface area contributed by atoms with Crippen LogP contribution in [0.4, 0.5) is 0 Å². The highest BCUT2D eigenvalue weighted by molar-refractivity contribution is 5.93. The third-order valence-electron chi connectivity index (χ3n) is 5.15. The SMILES string of the molecule is CCOC1CC(N)(C(=O)NCCc2cccc(C(N)=O)c2)C1(C)C. The van der Waals surface area contributed by atoms with Gasteiger partial charge in [-0.2, -0.15) is 0 Å². The molecule has 2 unspecified atom stereocenters. The maximum absolute atomic E-state index is 12.5. The Labute approximate surface area is 142 Å². The normalized spacial score (nSPS) is 24.9. The molecule has 0 aliphatic heterocycles. The van der Waals surface area contributed by atoms with Crippen molar-refractivity contribution in [3.8, 4) is 0 Å². The van der Waals surface area contributed by atoms with Gasteiger partial charge in [-0.3, -0.25) is 9.59 Å². The predicted molar refractivity (Wildman–Crippen MR) is 92.4 cm³/mol. The van der Waals surface area contributed by atoms with Crippen LogP contribution in [0.2, 0.25) is 0 Å². The highest BCUT2D eigenvalue weighted by atomic mass is 16.5. The first-order valence-corrected chi connectivity index (χ1v) is 8.30. The summed E-state index contributed by atoms with van der Waals surface area (Å²) in [6.07, 6.45) is 1.14. The van der Waals surface area contributed by atoms with E-state index in [-0.39, 0.29) is 12.0 Å². The molecule has 132 valence electrons. The monoisotopic (exact) mass is 333 g/mol. The van der Waals surface area contributed by atoms with Crippen LogP contribution in [0.5, 0.6) is 0 Å². The van der Waals surface area contributed by atoms with Gasteiger partial charge in [-0.25, -0.2) is 0 Å². The second-order valence-corrected chi connectivity index (χ2v) is 6.91. The van der Waals surface area contributed by atoms with Crippen LogP contribution >= 0.6 is 0 Å². The maximum atomic E-state index is 12.5. The molecule has 2 amide bonds. The summed E-state index contributed by atoms with van der Waals surface area (Å²) >= 11 is 0. The van der Waals surface area contributed by atoms with E-state index in [2.05, 4.69) is 5.32 Å². The zero-order valence-electron chi connectivity index (χ0n) is 14.6. The van der Waals surface area contributed by atoms with E-state index in [1.165, 1.54) is 0 Å². The van der Waals surface area contributed by atoms with Gasteiger partial charge >= 0.3 is 0 Å². The van der Waals surface area contributed by atoms with Crippen LogP contribution in [0.15, 0.2) is 24.3 Å². The van der Waals surface area contributed by atoms with Crippen LogP contribution in [0, 0.1) is 5.41 Å². The van der Waals surface area contributed by atoms with Crippen LogP contribution in [-0.2, 0) is 16.0 Å². The van der Waals surface area contributed by atoms with Crippen molar-refractivity contribution in [2.24, 2.45) is 16.9 Å². The Kier molecular flexibility index (Phi) is 5.30. The number of ether oxygens (including phenoxy) is 1. The highest BCUT2D eigenvalue weighted by Crippen LogP contribution is 2.49. The van der Waals surface area contributed by atoms with Gasteiger partial charge in [0.15, 0.2) is 0 Å². The number of hydrogen-bond donors (Lipinski definition) is 3. The largest absolute Gasteiger partial charge is 0.378 e. The molecule has 6 nitrogen and oxygen atoms in total. The molecule has 0 heterocycles. The third-order valence-corrected chi connectivity index (χ3v) is 5.15. The summed E-state index contributed by atoms with van der Waals surface area (Å²) in [6.45, 7) is 6.93. The fraction of sp³-hybridized carbons (Fsp3) is 0.556. The summed E-state index contributed by atoms with van der Waals surface area (Å²) in [6, 6.07) is 7.09. The molecule has 0 aromatic heterocycles. The van der Waals surface area contributed by atoms with Gasteiger partial charge in [-0.15, -0.1) is 0 Å². The van der Waals surface area contributed by atoms with Crippen molar-refractivity contribution in [1.82, 2.24) is 5.32 Å². The molecule has 0 bridgehead atoms. The number of amides is 2. The van der Waals surface area contributed by atoms with Gasteiger partial charge in [-0.1, -0.05) is 26.0 Å². The van der Waals surface area contributed by atoms with E-state index in [4.69, 9.17) is 16.2 Å². The van der Waals surface area contributed by atoms with Crippen molar-refractivity contribution in [2.45, 2.75) is 45.3 Å². The van der Waals surface area contributed by atoms with Crippen molar-refractivity contribution in [1.29, 1.82) is 0 Å². The molecular formula is C18H27N3O3. The Morgan fingerprint density at radius 3 is 2.67 bits per heavy atom. The molecule has 1 saturated carbocycles. The van der Waals surface area contributed by atoms with Crippen LogP contribution in [0.3, 0.4) is 0 Å². The average molecular weight is 333 g/mol. The van der Waals surface area contributed by atoms with Crippen molar-refractivity contribution in [3.05, 3.63) is 35.4 Å². The Balaban J connectivity index is 1.90. The molecule has 24 heavy (non-hydrogen) atoms. The van der Waals surface area contributed by atoms with Crippen molar-refractivity contribution >= 4 is 11.8 Å². The molecule has 6 heteroatoms. The maximum Gasteiger partial charge on any atom is 0.248 e. The summed E-state index contributed by atoms with van der Waals surface area (Å²) in [4.78, 5) is 23.7. The second-order valence-electron chi connectivity index (χ2n) is 6.91. The summed E-state index contributed by atoms with van der Waals surface area (Å²) in [5.41, 5.74) is 11.7. The zero-order valence-corrected chi connectivity index (χ0v) is 14.6. The quantitative estimate of drug-likeness (QED) is 0.691. The van der Waals surface area contributed by atoms with E-state index in [1.807, 2.05) is 26.8 Å². The molecule has 0 spiro atoms. The van der Waals surface area contributed by atoms with E-state index in [9.17, 15) is 9.59 Å². The Bertz CT molecular complexity index is 630. The molecule has 1 aromatic rings. The van der Waals surface area contributed by atoms with E-state index in [0.717, 1.165) is 5.56 Å². The molecule has 2 atom stereocenters. The van der Waals surface area contributed by atoms with Gasteiger partial charge in [0, 0.05) is 30.6 Å². The molecule has 0 radical (unpaired) electrons. The van der Waals surface area contributed by atoms with Gasteiger partial charge in [-0.05, 0) is 31.0 Å². The lowest BCUT2D eigenvalue weighted by atomic mass is 9.54. The first-order valence-electron chi connectivity index (χ1n) is 8.30. The molecule has 5 N–H and O–H groups in total. The number of nitrogens with two attached hydrogens (primary N) is 2. The van der Waals surface area contributed by atoms with Gasteiger partial charge < -0.3 is 21.5 Å². The van der Waals surface area contributed by atoms with E-state index >= 15 is 0 Å². The van der Waals surface area contributed by atoms with Crippen LogP contribution in [0.25, 0.3) is 0 Å². The zero-order chi connectivity index (χ0) is 18.0. The predicted octanol–water partition coefficient (Wildman–Crippen LogP) is 0.977. The number of primary amides is 1. The summed E-state index contributed by atoms with van der Waals surface area (Å²) in [5.74, 6) is -0.616. The minimum absolute atomic E-state index is 0.00509. The molecule has 1 aromatic carbocycles. The molecule has 1 aliphatic rings. The van der Waals surface area contributed by atoms with Gasteiger partial charge in [0.25, 0.3) is 0 Å². The molecule has 1 fully saturated rings. The Morgan fingerprint density at radius 2 is 2.08 bits per heavy atom. The van der Waals surface area contributed by atoms with Crippen molar-refractivity contribution < 1.29 is 14.3 Å². The lowest BCUT2D eigenvalue weighted by Gasteiger charge is -2.57. The Morgan fingerprint density at radius 1 is 1.38 bits per heavy atom. The number of carbonyl (C=O) groups is 2. The van der Waals surface area contributed by atoms with Gasteiger partial charge in [0.05, 0.1) is 6.10 Å². The lowest BCUT2D eigenvalue weighted by Crippen LogP contribution is -2.75. The number of carbonyl (C=O) groups excluding carboxylic acids is 2. The fourth-order valence-electron chi connectivity index (χ4n) is 3.18. The molecule has 1 aliphatic carbocycles. The standard InChI is InChI=1S/C18H27N3O3/c1-4-24-14-11-18(20,17(14,2)3)16(23)21-9-8-12-6-5-7-13(10-12)15(19)22/h5-7,10,14H,4,8-9,11,20H2,1-3H3,(H2,19,22)(H,21,23). The van der Waals surface area contributed by atoms with Gasteiger partial charge in [0.2, 0.25) is 11.8 Å². The van der Waals surface area contributed by atoms with E-state index < -0.39 is 16.9 Å². The fourth-order valence-corrected chi connectivity index (χ4v) is 3.18.